The second kappa shape index (κ2) is 6.44. The number of para-hydroxylation sites is 1. The summed E-state index contributed by atoms with van der Waals surface area (Å²) in [6.07, 6.45) is 5.78. The zero-order valence-corrected chi connectivity index (χ0v) is 16.7. The molecule has 0 N–H and O–H groups in total. The molecule has 3 aromatic heterocycles. The van der Waals surface area contributed by atoms with Crippen LogP contribution in [-0.2, 0) is 0 Å². The van der Waals surface area contributed by atoms with E-state index in [0.717, 1.165) is 64.6 Å². The van der Waals surface area contributed by atoms with Crippen LogP contribution in [0.3, 0.4) is 0 Å². The van der Waals surface area contributed by atoms with Crippen LogP contribution in [0.5, 0.6) is 0 Å². The standard InChI is InChI=1S/C25H26N2O/c1-16-7-8-20-19-5-4-6-21(23(19)28-24(20)27-16)22-15-18(11-14-26-22)17-9-12-25(2,3)13-10-17/h4-8,11,14-15,17H,9-10,12-13H2,1-3H3/i17D. The SMILES string of the molecule is [2H]C1(c2ccnc(-c3cccc4c3oc3nc(C)ccc34)c2)CCC(C)(C)CC1. The largest absolute Gasteiger partial charge is 0.437 e. The summed E-state index contributed by atoms with van der Waals surface area (Å²) in [6.45, 7) is 6.59. The maximum Gasteiger partial charge on any atom is 0.227 e. The third kappa shape index (κ3) is 2.99. The highest BCUT2D eigenvalue weighted by atomic mass is 16.3. The van der Waals surface area contributed by atoms with Crippen molar-refractivity contribution in [1.29, 1.82) is 0 Å². The van der Waals surface area contributed by atoms with E-state index in [0.29, 0.717) is 11.1 Å². The van der Waals surface area contributed by atoms with Gasteiger partial charge in [-0.25, -0.2) is 4.98 Å². The molecule has 0 aliphatic heterocycles. The highest BCUT2D eigenvalue weighted by Crippen LogP contribution is 2.43. The minimum Gasteiger partial charge on any atom is -0.437 e. The van der Waals surface area contributed by atoms with Crippen LogP contribution in [0, 0.1) is 12.3 Å². The van der Waals surface area contributed by atoms with Crippen LogP contribution >= 0.6 is 0 Å². The van der Waals surface area contributed by atoms with Crippen molar-refractivity contribution >= 4 is 22.1 Å². The van der Waals surface area contributed by atoms with Crippen molar-refractivity contribution in [2.45, 2.75) is 52.3 Å². The molecule has 1 fully saturated rings. The van der Waals surface area contributed by atoms with Gasteiger partial charge in [-0.1, -0.05) is 26.0 Å². The predicted octanol–water partition coefficient (Wildman–Crippen LogP) is 7.04. The van der Waals surface area contributed by atoms with E-state index in [4.69, 9.17) is 5.79 Å². The topological polar surface area (TPSA) is 38.9 Å². The first kappa shape index (κ1) is 16.3. The Kier molecular flexibility index (Phi) is 3.75. The van der Waals surface area contributed by atoms with Gasteiger partial charge in [0.25, 0.3) is 0 Å². The Hall–Kier alpha value is -2.68. The number of rotatable bonds is 2. The number of hydrogen-bond acceptors (Lipinski definition) is 3. The molecule has 142 valence electrons. The van der Waals surface area contributed by atoms with Gasteiger partial charge in [0.05, 0.1) is 5.69 Å². The summed E-state index contributed by atoms with van der Waals surface area (Å²) in [7, 11) is 0. The Morgan fingerprint density at radius 2 is 1.89 bits per heavy atom. The van der Waals surface area contributed by atoms with Crippen LogP contribution in [0.2, 0.25) is 0 Å². The smallest absolute Gasteiger partial charge is 0.227 e. The maximum absolute atomic E-state index is 9.11. The number of fused-ring (bicyclic) bond motifs is 3. The Balaban J connectivity index is 1.61. The van der Waals surface area contributed by atoms with Gasteiger partial charge in [0, 0.05) is 29.6 Å². The third-order valence-electron chi connectivity index (χ3n) is 6.15. The Morgan fingerprint density at radius 3 is 2.71 bits per heavy atom. The molecule has 3 nitrogen and oxygen atoms in total. The molecule has 1 aliphatic carbocycles. The van der Waals surface area contributed by atoms with E-state index in [1.165, 1.54) is 0 Å². The van der Waals surface area contributed by atoms with Crippen molar-refractivity contribution < 1.29 is 5.79 Å². The van der Waals surface area contributed by atoms with Gasteiger partial charge in [-0.2, -0.15) is 0 Å². The quantitative estimate of drug-likeness (QED) is 0.379. The number of benzene rings is 1. The fourth-order valence-electron chi connectivity index (χ4n) is 4.29. The molecule has 3 heteroatoms. The van der Waals surface area contributed by atoms with E-state index in [1.807, 2.05) is 37.4 Å². The van der Waals surface area contributed by atoms with E-state index in [1.54, 1.807) is 0 Å². The molecule has 1 saturated carbocycles. The van der Waals surface area contributed by atoms with E-state index in [2.05, 4.69) is 42.0 Å². The summed E-state index contributed by atoms with van der Waals surface area (Å²) in [5.41, 5.74) is 5.63. The van der Waals surface area contributed by atoms with Crippen molar-refractivity contribution in [2.75, 3.05) is 0 Å². The Bertz CT molecular complexity index is 1210. The predicted molar refractivity (Wildman–Crippen MR) is 114 cm³/mol. The normalized spacial score (nSPS) is 19.0. The summed E-state index contributed by atoms with van der Waals surface area (Å²) in [4.78, 5) is 9.18. The fraction of sp³-hybridized carbons (Fsp3) is 0.360. The van der Waals surface area contributed by atoms with E-state index < -0.39 is 5.89 Å². The molecule has 0 saturated heterocycles. The fourth-order valence-corrected chi connectivity index (χ4v) is 4.29. The van der Waals surface area contributed by atoms with Gasteiger partial charge in [-0.3, -0.25) is 4.98 Å². The van der Waals surface area contributed by atoms with Crippen LogP contribution in [0.4, 0.5) is 0 Å². The van der Waals surface area contributed by atoms with Gasteiger partial charge in [-0.05, 0) is 79.8 Å². The molecule has 28 heavy (non-hydrogen) atoms. The van der Waals surface area contributed by atoms with E-state index in [-0.39, 0.29) is 0 Å². The van der Waals surface area contributed by atoms with Gasteiger partial charge >= 0.3 is 0 Å². The van der Waals surface area contributed by atoms with Crippen LogP contribution in [0.15, 0.2) is 53.1 Å². The van der Waals surface area contributed by atoms with Crippen molar-refractivity contribution in [1.82, 2.24) is 9.97 Å². The first-order valence-electron chi connectivity index (χ1n) is 10.6. The van der Waals surface area contributed by atoms with Crippen molar-refractivity contribution in [3.8, 4) is 11.3 Å². The molecule has 5 rings (SSSR count). The minimum atomic E-state index is -0.534. The summed E-state index contributed by atoms with van der Waals surface area (Å²) in [6, 6.07) is 14.3. The Labute approximate surface area is 167 Å². The number of aryl methyl sites for hydroxylation is 1. The maximum atomic E-state index is 9.11. The van der Waals surface area contributed by atoms with E-state index >= 15 is 0 Å². The monoisotopic (exact) mass is 371 g/mol. The molecular weight excluding hydrogens is 344 g/mol. The van der Waals surface area contributed by atoms with Gasteiger partial charge < -0.3 is 4.42 Å². The van der Waals surface area contributed by atoms with Crippen molar-refractivity contribution in [3.05, 3.63) is 59.9 Å². The average Bonchev–Trinajstić information content (AvgIpc) is 3.08. The lowest BCUT2D eigenvalue weighted by molar-refractivity contribution is 0.224. The molecule has 1 aliphatic rings. The molecule has 0 radical (unpaired) electrons. The molecule has 0 atom stereocenters. The number of furan rings is 1. The summed E-state index contributed by atoms with van der Waals surface area (Å²) < 4.78 is 15.3. The first-order chi connectivity index (χ1) is 13.8. The number of aromatic nitrogens is 2. The molecule has 1 aromatic carbocycles. The molecule has 3 heterocycles. The second-order valence-corrected chi connectivity index (χ2v) is 8.79. The summed E-state index contributed by atoms with van der Waals surface area (Å²) >= 11 is 0. The average molecular weight is 372 g/mol. The lowest BCUT2D eigenvalue weighted by atomic mass is 9.71. The zero-order valence-electron chi connectivity index (χ0n) is 17.7. The lowest BCUT2D eigenvalue weighted by Gasteiger charge is -2.34. The lowest BCUT2D eigenvalue weighted by Crippen LogP contribution is -2.20. The van der Waals surface area contributed by atoms with Gasteiger partial charge in [0.1, 0.15) is 5.58 Å². The highest BCUT2D eigenvalue weighted by molar-refractivity contribution is 6.08. The number of hydrogen-bond donors (Lipinski definition) is 0. The molecule has 0 bridgehead atoms. The van der Waals surface area contributed by atoms with Crippen molar-refractivity contribution in [2.24, 2.45) is 5.41 Å². The molecule has 0 amide bonds. The number of pyridine rings is 2. The van der Waals surface area contributed by atoms with E-state index in [9.17, 15) is 0 Å². The van der Waals surface area contributed by atoms with Crippen LogP contribution < -0.4 is 0 Å². The van der Waals surface area contributed by atoms with Gasteiger partial charge in [0.2, 0.25) is 5.71 Å². The molecule has 0 spiro atoms. The summed E-state index contributed by atoms with van der Waals surface area (Å²) in [5.74, 6) is -0.534. The minimum absolute atomic E-state index is 0.339. The second-order valence-electron chi connectivity index (χ2n) is 8.79. The van der Waals surface area contributed by atoms with Crippen molar-refractivity contribution in [3.63, 3.8) is 0 Å². The first-order valence-corrected chi connectivity index (χ1v) is 10.1. The number of nitrogens with zero attached hydrogens (tertiary/aromatic N) is 2. The van der Waals surface area contributed by atoms with Gasteiger partial charge in [-0.15, -0.1) is 0 Å². The van der Waals surface area contributed by atoms with Crippen LogP contribution in [-0.4, -0.2) is 9.97 Å². The summed E-state index contributed by atoms with van der Waals surface area (Å²) in [5, 5.41) is 2.08. The highest BCUT2D eigenvalue weighted by Gasteiger charge is 2.28. The molecular formula is C25H26N2O. The molecule has 4 aromatic rings. The molecule has 0 unspecified atom stereocenters. The Morgan fingerprint density at radius 1 is 1.07 bits per heavy atom. The zero-order chi connectivity index (χ0) is 20.2. The van der Waals surface area contributed by atoms with Gasteiger partial charge in [0.15, 0.2) is 0 Å². The van der Waals surface area contributed by atoms with Crippen LogP contribution in [0.1, 0.15) is 58.1 Å². The van der Waals surface area contributed by atoms with Crippen LogP contribution in [0.25, 0.3) is 33.3 Å². The third-order valence-corrected chi connectivity index (χ3v) is 6.15.